The number of carbonyl (C=O) groups is 1. The predicted octanol–water partition coefficient (Wildman–Crippen LogP) is 5.14. The zero-order valence-electron chi connectivity index (χ0n) is 20.8. The fourth-order valence-corrected chi connectivity index (χ4v) is 3.96. The lowest BCUT2D eigenvalue weighted by atomic mass is 10.1. The highest BCUT2D eigenvalue weighted by molar-refractivity contribution is 6.05. The van der Waals surface area contributed by atoms with E-state index in [9.17, 15) is 9.59 Å². The number of nitrogens with zero attached hydrogens (tertiary/aromatic N) is 2. The Balaban J connectivity index is 1.62. The van der Waals surface area contributed by atoms with E-state index in [-0.39, 0.29) is 11.5 Å². The molecule has 36 heavy (non-hydrogen) atoms. The number of benzene rings is 3. The van der Waals surface area contributed by atoms with Crippen molar-refractivity contribution in [2.45, 2.75) is 27.7 Å². The van der Waals surface area contributed by atoms with Gasteiger partial charge in [0.2, 0.25) is 5.75 Å². The topological polar surface area (TPSA) is 91.7 Å². The molecule has 0 bridgehead atoms. The molecule has 0 aliphatic rings. The molecule has 0 spiro atoms. The second-order valence-corrected chi connectivity index (χ2v) is 7.92. The molecule has 4 aromatic rings. The molecule has 1 amide bonds. The first-order valence-corrected chi connectivity index (χ1v) is 11.9. The Labute approximate surface area is 209 Å². The Morgan fingerprint density at radius 1 is 0.889 bits per heavy atom. The van der Waals surface area contributed by atoms with Crippen molar-refractivity contribution in [2.75, 3.05) is 25.1 Å². The first-order chi connectivity index (χ1) is 17.5. The van der Waals surface area contributed by atoms with Crippen LogP contribution >= 0.6 is 0 Å². The van der Waals surface area contributed by atoms with Crippen LogP contribution in [0.4, 0.5) is 5.69 Å². The summed E-state index contributed by atoms with van der Waals surface area (Å²) in [5.74, 6) is 1.63. The van der Waals surface area contributed by atoms with Gasteiger partial charge in [-0.15, -0.1) is 0 Å². The smallest absolute Gasteiger partial charge is 0.265 e. The van der Waals surface area contributed by atoms with Crippen LogP contribution in [0.15, 0.2) is 65.5 Å². The summed E-state index contributed by atoms with van der Waals surface area (Å²) < 4.78 is 18.7. The maximum atomic E-state index is 13.1. The quantitative estimate of drug-likeness (QED) is 0.351. The molecule has 0 fully saturated rings. The number of para-hydroxylation sites is 1. The van der Waals surface area contributed by atoms with E-state index in [1.165, 1.54) is 0 Å². The van der Waals surface area contributed by atoms with Gasteiger partial charge >= 0.3 is 0 Å². The molecule has 0 aliphatic carbocycles. The summed E-state index contributed by atoms with van der Waals surface area (Å²) in [6, 6.07) is 17.6. The maximum absolute atomic E-state index is 13.1. The Morgan fingerprint density at radius 3 is 2.11 bits per heavy atom. The van der Waals surface area contributed by atoms with Gasteiger partial charge in [-0.2, -0.15) is 0 Å². The Kier molecular flexibility index (Phi) is 7.53. The standard InChI is InChI=1S/C28H29N3O5/c1-5-34-24-16-19(17-25(35-6-2)26(24)36-7-3)27(32)30-20-12-14-21(15-13-20)31-18(4)29-23-11-9-8-10-22(23)28(31)33/h8-17H,5-7H2,1-4H3,(H,30,32). The van der Waals surface area contributed by atoms with Gasteiger partial charge < -0.3 is 19.5 Å². The molecule has 3 aromatic carbocycles. The van der Waals surface area contributed by atoms with Crippen molar-refractivity contribution in [1.82, 2.24) is 9.55 Å². The average molecular weight is 488 g/mol. The fourth-order valence-electron chi connectivity index (χ4n) is 3.96. The first kappa shape index (κ1) is 24.8. The highest BCUT2D eigenvalue weighted by Gasteiger charge is 2.19. The van der Waals surface area contributed by atoms with Crippen molar-refractivity contribution in [3.8, 4) is 22.9 Å². The van der Waals surface area contributed by atoms with Crippen molar-refractivity contribution in [1.29, 1.82) is 0 Å². The first-order valence-electron chi connectivity index (χ1n) is 11.9. The van der Waals surface area contributed by atoms with Crippen molar-refractivity contribution in [3.05, 3.63) is 82.4 Å². The number of hydrogen-bond donors (Lipinski definition) is 1. The van der Waals surface area contributed by atoms with Crippen LogP contribution < -0.4 is 25.1 Å². The molecule has 186 valence electrons. The number of aryl methyl sites for hydroxylation is 1. The number of aromatic nitrogens is 2. The minimum Gasteiger partial charge on any atom is -0.490 e. The maximum Gasteiger partial charge on any atom is 0.265 e. The predicted molar refractivity (Wildman–Crippen MR) is 140 cm³/mol. The third kappa shape index (κ3) is 5.02. The highest BCUT2D eigenvalue weighted by Crippen LogP contribution is 2.39. The summed E-state index contributed by atoms with van der Waals surface area (Å²) in [7, 11) is 0. The Morgan fingerprint density at radius 2 is 1.50 bits per heavy atom. The molecule has 0 aliphatic heterocycles. The molecule has 4 rings (SSSR count). The summed E-state index contributed by atoms with van der Waals surface area (Å²) >= 11 is 0. The van der Waals surface area contributed by atoms with Gasteiger partial charge in [-0.1, -0.05) is 12.1 Å². The minimum atomic E-state index is -0.326. The van der Waals surface area contributed by atoms with E-state index in [0.717, 1.165) is 0 Å². The van der Waals surface area contributed by atoms with Gasteiger partial charge in [0.15, 0.2) is 11.5 Å². The SMILES string of the molecule is CCOc1cc(C(=O)Nc2ccc(-n3c(C)nc4ccccc4c3=O)cc2)cc(OCC)c1OCC. The zero-order valence-corrected chi connectivity index (χ0v) is 20.8. The van der Waals surface area contributed by atoms with Crippen LogP contribution in [0.2, 0.25) is 0 Å². The van der Waals surface area contributed by atoms with Crippen molar-refractivity contribution in [3.63, 3.8) is 0 Å². The van der Waals surface area contributed by atoms with Crippen LogP contribution in [-0.4, -0.2) is 35.3 Å². The molecule has 0 atom stereocenters. The van der Waals surface area contributed by atoms with E-state index in [2.05, 4.69) is 10.3 Å². The number of rotatable bonds is 9. The second kappa shape index (κ2) is 10.9. The summed E-state index contributed by atoms with van der Waals surface area (Å²) in [6.45, 7) is 8.67. The Hall–Kier alpha value is -4.33. The number of carbonyl (C=O) groups excluding carboxylic acids is 1. The molecular formula is C28H29N3O5. The molecule has 1 N–H and O–H groups in total. The third-order valence-corrected chi connectivity index (χ3v) is 5.50. The molecule has 0 saturated carbocycles. The molecular weight excluding hydrogens is 458 g/mol. The largest absolute Gasteiger partial charge is 0.490 e. The van der Waals surface area contributed by atoms with Gasteiger partial charge in [-0.05, 0) is 76.2 Å². The molecule has 1 aromatic heterocycles. The Bertz CT molecular complexity index is 1420. The van der Waals surface area contributed by atoms with Crippen LogP contribution in [0.3, 0.4) is 0 Å². The summed E-state index contributed by atoms with van der Waals surface area (Å²) in [4.78, 5) is 30.7. The van der Waals surface area contributed by atoms with Crippen LogP contribution in [0.1, 0.15) is 37.0 Å². The zero-order chi connectivity index (χ0) is 25.7. The summed E-state index contributed by atoms with van der Waals surface area (Å²) in [6.07, 6.45) is 0. The van der Waals surface area contributed by atoms with Crippen molar-refractivity contribution in [2.24, 2.45) is 0 Å². The number of anilines is 1. The second-order valence-electron chi connectivity index (χ2n) is 7.92. The molecule has 1 heterocycles. The third-order valence-electron chi connectivity index (χ3n) is 5.50. The molecule has 0 saturated heterocycles. The van der Waals surface area contributed by atoms with E-state index in [4.69, 9.17) is 14.2 Å². The number of amides is 1. The van der Waals surface area contributed by atoms with Crippen molar-refractivity contribution >= 4 is 22.5 Å². The number of nitrogens with one attached hydrogen (secondary N) is 1. The van der Waals surface area contributed by atoms with Gasteiger partial charge in [0.05, 0.1) is 36.4 Å². The van der Waals surface area contributed by atoms with Gasteiger partial charge in [0.25, 0.3) is 11.5 Å². The van der Waals surface area contributed by atoms with Gasteiger partial charge in [0.1, 0.15) is 5.82 Å². The van der Waals surface area contributed by atoms with E-state index in [0.29, 0.717) is 70.7 Å². The fraction of sp³-hybridized carbons (Fsp3) is 0.250. The van der Waals surface area contributed by atoms with Crippen molar-refractivity contribution < 1.29 is 19.0 Å². The van der Waals surface area contributed by atoms with Gasteiger partial charge in [0, 0.05) is 11.3 Å². The van der Waals surface area contributed by atoms with Gasteiger partial charge in [-0.3, -0.25) is 14.2 Å². The summed E-state index contributed by atoms with van der Waals surface area (Å²) in [5.41, 5.74) is 2.13. The van der Waals surface area contributed by atoms with Crippen LogP contribution in [0.5, 0.6) is 17.2 Å². The molecule has 0 radical (unpaired) electrons. The molecule has 8 nitrogen and oxygen atoms in total. The van der Waals surface area contributed by atoms with Crippen LogP contribution in [0.25, 0.3) is 16.6 Å². The van der Waals surface area contributed by atoms with Gasteiger partial charge in [-0.25, -0.2) is 4.98 Å². The minimum absolute atomic E-state index is 0.142. The lowest BCUT2D eigenvalue weighted by Gasteiger charge is -2.17. The number of ether oxygens (including phenoxy) is 3. The highest BCUT2D eigenvalue weighted by atomic mass is 16.5. The molecule has 0 unspecified atom stereocenters. The van der Waals surface area contributed by atoms with Crippen LogP contribution in [-0.2, 0) is 0 Å². The monoisotopic (exact) mass is 487 g/mol. The number of hydrogen-bond acceptors (Lipinski definition) is 6. The van der Waals surface area contributed by atoms with E-state index in [1.54, 1.807) is 54.0 Å². The van der Waals surface area contributed by atoms with E-state index in [1.807, 2.05) is 39.0 Å². The van der Waals surface area contributed by atoms with Crippen LogP contribution in [0, 0.1) is 6.92 Å². The van der Waals surface area contributed by atoms with E-state index < -0.39 is 0 Å². The normalized spacial score (nSPS) is 10.8. The molecule has 8 heteroatoms. The average Bonchev–Trinajstić information content (AvgIpc) is 2.87. The summed E-state index contributed by atoms with van der Waals surface area (Å²) in [5, 5.41) is 3.44. The van der Waals surface area contributed by atoms with E-state index >= 15 is 0 Å². The number of fused-ring (bicyclic) bond motifs is 1. The lowest BCUT2D eigenvalue weighted by Crippen LogP contribution is -2.22. The lowest BCUT2D eigenvalue weighted by molar-refractivity contribution is 0.102.